The Kier molecular flexibility index (Phi) is 4.76. The first-order chi connectivity index (χ1) is 5.57. The molecule has 0 amide bonds. The minimum Gasteiger partial charge on any atom is -0.466 e. The minimum absolute atomic E-state index is 0.107. The summed E-state index contributed by atoms with van der Waals surface area (Å²) in [6.07, 6.45) is 1.49. The van der Waals surface area contributed by atoms with Crippen molar-refractivity contribution in [3.8, 4) is 0 Å². The van der Waals surface area contributed by atoms with E-state index < -0.39 is 5.97 Å². The van der Waals surface area contributed by atoms with Crippen LogP contribution in [-0.4, -0.2) is 25.7 Å². The van der Waals surface area contributed by atoms with Crippen molar-refractivity contribution in [2.75, 3.05) is 13.7 Å². The van der Waals surface area contributed by atoms with Crippen molar-refractivity contribution in [2.45, 2.75) is 13.8 Å². The van der Waals surface area contributed by atoms with Gasteiger partial charge in [0.25, 0.3) is 0 Å². The van der Waals surface area contributed by atoms with Crippen molar-refractivity contribution >= 4 is 11.9 Å². The van der Waals surface area contributed by atoms with Gasteiger partial charge in [0.05, 0.1) is 7.11 Å². The van der Waals surface area contributed by atoms with E-state index in [1.165, 1.54) is 20.1 Å². The molecule has 0 spiro atoms. The van der Waals surface area contributed by atoms with E-state index in [0.29, 0.717) is 5.57 Å². The van der Waals surface area contributed by atoms with Gasteiger partial charge in [0.15, 0.2) is 0 Å². The quantitative estimate of drug-likeness (QED) is 0.463. The van der Waals surface area contributed by atoms with Crippen LogP contribution in [0.3, 0.4) is 0 Å². The highest BCUT2D eigenvalue weighted by molar-refractivity contribution is 5.87. The lowest BCUT2D eigenvalue weighted by atomic mass is 10.3. The normalized spacial score (nSPS) is 10.8. The van der Waals surface area contributed by atoms with Crippen LogP contribution in [0.25, 0.3) is 0 Å². The molecule has 0 radical (unpaired) electrons. The first-order valence-corrected chi connectivity index (χ1v) is 3.46. The van der Waals surface area contributed by atoms with E-state index in [9.17, 15) is 9.59 Å². The van der Waals surface area contributed by atoms with E-state index in [0.717, 1.165) is 0 Å². The fourth-order valence-electron chi connectivity index (χ4n) is 0.528. The molecule has 0 rings (SSSR count). The summed E-state index contributed by atoms with van der Waals surface area (Å²) in [5.41, 5.74) is 0.429. The van der Waals surface area contributed by atoms with Gasteiger partial charge in [0, 0.05) is 12.5 Å². The number of methoxy groups -OCH3 is 1. The second-order valence-corrected chi connectivity index (χ2v) is 2.18. The molecule has 4 nitrogen and oxygen atoms in total. The monoisotopic (exact) mass is 172 g/mol. The Labute approximate surface area is 71.2 Å². The van der Waals surface area contributed by atoms with Crippen LogP contribution in [0.15, 0.2) is 11.6 Å². The SMILES string of the molecule is COC(=O)C(C)=CCOC(C)=O. The second-order valence-electron chi connectivity index (χ2n) is 2.18. The van der Waals surface area contributed by atoms with E-state index in [2.05, 4.69) is 9.47 Å². The number of carbonyl (C=O) groups excluding carboxylic acids is 2. The van der Waals surface area contributed by atoms with Gasteiger partial charge in [-0.05, 0) is 13.0 Å². The molecule has 0 aliphatic carbocycles. The van der Waals surface area contributed by atoms with Crippen molar-refractivity contribution in [3.63, 3.8) is 0 Å². The lowest BCUT2D eigenvalue weighted by Crippen LogP contribution is -2.04. The molecule has 0 saturated carbocycles. The number of rotatable bonds is 3. The Balaban J connectivity index is 3.84. The summed E-state index contributed by atoms with van der Waals surface area (Å²) in [6.45, 7) is 3.01. The van der Waals surface area contributed by atoms with E-state index in [-0.39, 0.29) is 12.6 Å². The molecule has 0 aliphatic heterocycles. The zero-order valence-corrected chi connectivity index (χ0v) is 7.42. The van der Waals surface area contributed by atoms with Crippen LogP contribution in [0.4, 0.5) is 0 Å². The predicted octanol–water partition coefficient (Wildman–Crippen LogP) is 0.669. The van der Waals surface area contributed by atoms with Gasteiger partial charge in [0.2, 0.25) is 0 Å². The van der Waals surface area contributed by atoms with Gasteiger partial charge in [-0.3, -0.25) is 4.79 Å². The molecule has 0 aromatic rings. The first kappa shape index (κ1) is 10.7. The molecule has 0 saturated heterocycles. The number of hydrogen-bond acceptors (Lipinski definition) is 4. The summed E-state index contributed by atoms with van der Waals surface area (Å²) < 4.78 is 9.01. The molecule has 0 unspecified atom stereocenters. The van der Waals surface area contributed by atoms with E-state index in [4.69, 9.17) is 0 Å². The highest BCUT2D eigenvalue weighted by Crippen LogP contribution is 1.94. The Hall–Kier alpha value is -1.32. The zero-order valence-electron chi connectivity index (χ0n) is 7.42. The van der Waals surface area contributed by atoms with Gasteiger partial charge in [-0.2, -0.15) is 0 Å². The summed E-state index contributed by atoms with van der Waals surface area (Å²) in [7, 11) is 1.30. The van der Waals surface area contributed by atoms with Gasteiger partial charge in [0.1, 0.15) is 6.61 Å². The fraction of sp³-hybridized carbons (Fsp3) is 0.500. The number of ether oxygens (including phenoxy) is 2. The summed E-state index contributed by atoms with van der Waals surface area (Å²) in [5, 5.41) is 0. The summed E-state index contributed by atoms with van der Waals surface area (Å²) in [6, 6.07) is 0. The maximum Gasteiger partial charge on any atom is 0.333 e. The van der Waals surface area contributed by atoms with Gasteiger partial charge >= 0.3 is 11.9 Å². The summed E-state index contributed by atoms with van der Waals surface area (Å²) in [5.74, 6) is -0.786. The molecule has 0 heterocycles. The van der Waals surface area contributed by atoms with Crippen LogP contribution in [0.2, 0.25) is 0 Å². The second kappa shape index (κ2) is 5.35. The van der Waals surface area contributed by atoms with E-state index in [1.807, 2.05) is 0 Å². The predicted molar refractivity (Wildman–Crippen MR) is 42.4 cm³/mol. The van der Waals surface area contributed by atoms with Gasteiger partial charge in [-0.25, -0.2) is 4.79 Å². The van der Waals surface area contributed by atoms with Crippen LogP contribution in [0.1, 0.15) is 13.8 Å². The Morgan fingerprint density at radius 3 is 2.33 bits per heavy atom. The van der Waals surface area contributed by atoms with Gasteiger partial charge < -0.3 is 9.47 Å². The van der Waals surface area contributed by atoms with Gasteiger partial charge in [-0.1, -0.05) is 0 Å². The molecule has 12 heavy (non-hydrogen) atoms. The molecule has 0 N–H and O–H groups in total. The molecule has 0 aliphatic rings. The minimum atomic E-state index is -0.415. The van der Waals surface area contributed by atoms with E-state index in [1.54, 1.807) is 6.92 Å². The van der Waals surface area contributed by atoms with Crippen LogP contribution in [0, 0.1) is 0 Å². The molecule has 68 valence electrons. The van der Waals surface area contributed by atoms with Crippen molar-refractivity contribution in [3.05, 3.63) is 11.6 Å². The van der Waals surface area contributed by atoms with Crippen molar-refractivity contribution in [1.29, 1.82) is 0 Å². The van der Waals surface area contributed by atoms with Crippen molar-refractivity contribution < 1.29 is 19.1 Å². The fourth-order valence-corrected chi connectivity index (χ4v) is 0.528. The third kappa shape index (κ3) is 4.49. The Bertz CT molecular complexity index is 205. The highest BCUT2D eigenvalue weighted by atomic mass is 16.5. The maximum absolute atomic E-state index is 10.8. The molecule has 0 aromatic carbocycles. The van der Waals surface area contributed by atoms with Crippen LogP contribution in [0.5, 0.6) is 0 Å². The Morgan fingerprint density at radius 1 is 1.33 bits per heavy atom. The molecule has 0 bridgehead atoms. The maximum atomic E-state index is 10.8. The molecule has 0 fully saturated rings. The molecular formula is C8H12O4. The lowest BCUT2D eigenvalue weighted by Gasteiger charge is -1.98. The summed E-state index contributed by atoms with van der Waals surface area (Å²) >= 11 is 0. The molecule has 0 aromatic heterocycles. The van der Waals surface area contributed by atoms with Gasteiger partial charge in [-0.15, -0.1) is 0 Å². The van der Waals surface area contributed by atoms with Crippen molar-refractivity contribution in [2.24, 2.45) is 0 Å². The average molecular weight is 172 g/mol. The Morgan fingerprint density at radius 2 is 1.92 bits per heavy atom. The topological polar surface area (TPSA) is 52.6 Å². The highest BCUT2D eigenvalue weighted by Gasteiger charge is 2.01. The summed E-state index contributed by atoms with van der Waals surface area (Å²) in [4.78, 5) is 21.1. The van der Waals surface area contributed by atoms with E-state index >= 15 is 0 Å². The van der Waals surface area contributed by atoms with Crippen molar-refractivity contribution in [1.82, 2.24) is 0 Å². The first-order valence-electron chi connectivity index (χ1n) is 3.46. The number of esters is 2. The standard InChI is InChI=1S/C8H12O4/c1-6(8(10)11-3)4-5-12-7(2)9/h4H,5H2,1-3H3. The third-order valence-corrected chi connectivity index (χ3v) is 1.18. The molecule has 0 atom stereocenters. The number of hydrogen-bond donors (Lipinski definition) is 0. The van der Waals surface area contributed by atoms with Crippen LogP contribution >= 0.6 is 0 Å². The smallest absolute Gasteiger partial charge is 0.333 e. The van der Waals surface area contributed by atoms with Crippen LogP contribution in [-0.2, 0) is 19.1 Å². The average Bonchev–Trinajstić information content (AvgIpc) is 2.02. The molecule has 4 heteroatoms. The molecular weight excluding hydrogens is 160 g/mol. The zero-order chi connectivity index (χ0) is 9.56. The van der Waals surface area contributed by atoms with Crippen LogP contribution < -0.4 is 0 Å². The largest absolute Gasteiger partial charge is 0.466 e. The third-order valence-electron chi connectivity index (χ3n) is 1.18. The lowest BCUT2D eigenvalue weighted by molar-refractivity contribution is -0.140. The number of carbonyl (C=O) groups is 2.